The van der Waals surface area contributed by atoms with Gasteiger partial charge in [-0.3, -0.25) is 48.1 Å². The van der Waals surface area contributed by atoms with Crippen LogP contribution in [0.4, 0.5) is 0 Å². The first-order valence-corrected chi connectivity index (χ1v) is 20.6. The summed E-state index contributed by atoms with van der Waals surface area (Å²) in [5, 5.41) is 52.0. The number of guanidine groups is 1. The topological polar surface area (TPSA) is 443 Å². The van der Waals surface area contributed by atoms with Crippen LogP contribution < -0.4 is 54.8 Å². The third-order valence-corrected chi connectivity index (χ3v) is 9.98. The van der Waals surface area contributed by atoms with E-state index >= 15 is 0 Å². The monoisotopic (exact) mass is 920 g/mol. The zero-order chi connectivity index (χ0) is 49.0. The normalized spacial score (nSPS) is 16.9. The van der Waals surface area contributed by atoms with Crippen molar-refractivity contribution < 1.29 is 68.4 Å². The van der Waals surface area contributed by atoms with Crippen LogP contribution in [0.1, 0.15) is 64.4 Å². The lowest BCUT2D eigenvalue weighted by Crippen LogP contribution is -2.61. The Labute approximate surface area is 373 Å². The predicted octanol–water partition coefficient (Wildman–Crippen LogP) is -6.27. The van der Waals surface area contributed by atoms with Crippen LogP contribution in [0.3, 0.4) is 0 Å². The minimum Gasteiger partial charge on any atom is -0.481 e. The summed E-state index contributed by atoms with van der Waals surface area (Å²) in [6.45, 7) is 1.59. The summed E-state index contributed by atoms with van der Waals surface area (Å²) in [5.41, 5.74) is 22.5. The number of carbonyl (C=O) groups excluding carboxylic acids is 8. The van der Waals surface area contributed by atoms with E-state index in [1.807, 2.05) is 5.32 Å². The summed E-state index contributed by atoms with van der Waals surface area (Å²) < 4.78 is 0. The molecule has 0 bridgehead atoms. The van der Waals surface area contributed by atoms with Gasteiger partial charge in [0.15, 0.2) is 5.96 Å². The summed E-state index contributed by atoms with van der Waals surface area (Å²) in [4.78, 5) is 134. The van der Waals surface area contributed by atoms with Gasteiger partial charge in [-0.2, -0.15) is 0 Å². The summed E-state index contributed by atoms with van der Waals surface area (Å²) in [7, 11) is 0. The number of aliphatic hydroxyl groups is 2. The number of aliphatic carboxylic acids is 2. The molecule has 65 heavy (non-hydrogen) atoms. The van der Waals surface area contributed by atoms with E-state index < -0.39 is 140 Å². The lowest BCUT2D eigenvalue weighted by Gasteiger charge is -2.31. The third kappa shape index (κ3) is 18.4. The standard InChI is InChI=1S/C39H60N12O14/c1-19(31(57)47-25(17-29(55)56)35(61)49-26(18-52)38(64)65)45-33(59)23(12-13-28(41)54)46-34(60)24(16-21-8-4-3-5-9-21)48-36(62)27-11-7-15-51(27)37(63)30(20(2)53)50-32(58)22(40)10-6-14-44-39(42)43/h3-5,8-9,19-20,22-27,30,52-53H,6-7,10-18,40H2,1-2H3,(H2,41,54)(H,45,59)(H,46,60)(H,47,57)(H,48,62)(H,49,61)(H,50,58)(H,55,56)(H,64,65)(H4,42,43,44)/t19-,20+,22-,23-,24-,25-,26-,27-,30-/m0/s1. The number of nitrogens with two attached hydrogens (primary N) is 4. The molecule has 1 aliphatic heterocycles. The van der Waals surface area contributed by atoms with Crippen LogP contribution >= 0.6 is 0 Å². The number of hydrogen-bond donors (Lipinski definition) is 14. The molecular weight excluding hydrogens is 860 g/mol. The number of carboxylic acid groups (broad SMARTS) is 2. The van der Waals surface area contributed by atoms with Crippen LogP contribution in [0.25, 0.3) is 0 Å². The number of aliphatic imine (C=N–C) groups is 1. The van der Waals surface area contributed by atoms with Crippen molar-refractivity contribution in [3.05, 3.63) is 35.9 Å². The SMILES string of the molecule is C[C@H](NC(=O)[C@H](CCC(N)=O)NC(=O)[C@H](Cc1ccccc1)NC(=O)[C@@H]1CCCN1C(=O)[C@@H](NC(=O)[C@@H](N)CCCN=C(N)N)[C@@H](C)O)C(=O)N[C@@H](CC(=O)O)C(=O)N[C@@H](CO)C(=O)O. The number of likely N-dealkylation sites (tertiary alicyclic amines) is 1. The quantitative estimate of drug-likeness (QED) is 0.0222. The Hall–Kier alpha value is -6.93. The lowest BCUT2D eigenvalue weighted by atomic mass is 10.0. The van der Waals surface area contributed by atoms with Crippen molar-refractivity contribution in [2.45, 2.75) is 120 Å². The number of carbonyl (C=O) groups is 10. The maximum absolute atomic E-state index is 14.0. The van der Waals surface area contributed by atoms with E-state index in [9.17, 15) is 63.3 Å². The first-order valence-electron chi connectivity index (χ1n) is 20.6. The molecule has 2 rings (SSSR count). The third-order valence-electron chi connectivity index (χ3n) is 9.98. The summed E-state index contributed by atoms with van der Waals surface area (Å²) in [6, 6.07) is -3.68. The fourth-order valence-corrected chi connectivity index (χ4v) is 6.45. The van der Waals surface area contributed by atoms with Gasteiger partial charge < -0.3 is 80.2 Å². The van der Waals surface area contributed by atoms with E-state index in [2.05, 4.69) is 31.6 Å². The fraction of sp³-hybridized carbons (Fsp3) is 0.564. The molecular formula is C39H60N12O14. The molecule has 0 spiro atoms. The van der Waals surface area contributed by atoms with E-state index in [1.54, 1.807) is 30.3 Å². The Bertz CT molecular complexity index is 1900. The molecule has 0 saturated carbocycles. The number of amides is 8. The van der Waals surface area contributed by atoms with Gasteiger partial charge in [-0.25, -0.2) is 4.79 Å². The molecule has 0 unspecified atom stereocenters. The molecule has 1 aromatic rings. The summed E-state index contributed by atoms with van der Waals surface area (Å²) in [6.07, 6.45) is -2.52. The van der Waals surface area contributed by atoms with Crippen molar-refractivity contribution in [3.8, 4) is 0 Å². The molecule has 1 aromatic carbocycles. The Morgan fingerprint density at radius 1 is 0.769 bits per heavy atom. The second-order valence-electron chi connectivity index (χ2n) is 15.3. The van der Waals surface area contributed by atoms with Crippen molar-refractivity contribution in [2.75, 3.05) is 19.7 Å². The molecule has 1 aliphatic rings. The number of benzene rings is 1. The van der Waals surface area contributed by atoms with Gasteiger partial charge in [0.05, 0.1) is 25.2 Å². The van der Waals surface area contributed by atoms with Crippen molar-refractivity contribution in [2.24, 2.45) is 27.9 Å². The zero-order valence-electron chi connectivity index (χ0n) is 35.9. The number of rotatable bonds is 27. The molecule has 0 aliphatic carbocycles. The highest BCUT2D eigenvalue weighted by Crippen LogP contribution is 2.20. The number of nitrogens with zero attached hydrogens (tertiary/aromatic N) is 2. The fourth-order valence-electron chi connectivity index (χ4n) is 6.45. The van der Waals surface area contributed by atoms with Crippen molar-refractivity contribution in [1.82, 2.24) is 36.8 Å². The second-order valence-corrected chi connectivity index (χ2v) is 15.3. The number of primary amides is 1. The Kier molecular flexibility index (Phi) is 22.2. The molecule has 1 fully saturated rings. The van der Waals surface area contributed by atoms with Crippen LogP contribution in [0, 0.1) is 0 Å². The number of hydrogen-bond acceptors (Lipinski definition) is 14. The molecule has 1 heterocycles. The molecule has 26 heteroatoms. The molecule has 8 amide bonds. The highest BCUT2D eigenvalue weighted by atomic mass is 16.4. The predicted molar refractivity (Wildman–Crippen MR) is 227 cm³/mol. The first-order chi connectivity index (χ1) is 30.5. The van der Waals surface area contributed by atoms with Gasteiger partial charge in [0.2, 0.25) is 47.3 Å². The van der Waals surface area contributed by atoms with Gasteiger partial charge in [-0.15, -0.1) is 0 Å². The van der Waals surface area contributed by atoms with Crippen LogP contribution in [0.5, 0.6) is 0 Å². The molecule has 9 atom stereocenters. The van der Waals surface area contributed by atoms with Gasteiger partial charge in [-0.05, 0) is 51.5 Å². The van der Waals surface area contributed by atoms with Gasteiger partial charge in [-0.1, -0.05) is 30.3 Å². The van der Waals surface area contributed by atoms with E-state index in [0.717, 1.165) is 11.8 Å². The molecule has 26 nitrogen and oxygen atoms in total. The maximum Gasteiger partial charge on any atom is 0.328 e. The molecule has 0 aromatic heterocycles. The minimum atomic E-state index is -1.86. The van der Waals surface area contributed by atoms with Gasteiger partial charge in [0, 0.05) is 25.9 Å². The first kappa shape index (κ1) is 54.2. The van der Waals surface area contributed by atoms with Gasteiger partial charge in [0.25, 0.3) is 0 Å². The highest BCUT2D eigenvalue weighted by Gasteiger charge is 2.41. The summed E-state index contributed by atoms with van der Waals surface area (Å²) in [5.74, 6) is -11.0. The second kappa shape index (κ2) is 26.6. The van der Waals surface area contributed by atoms with Crippen LogP contribution in [0.15, 0.2) is 35.3 Å². The van der Waals surface area contributed by atoms with Gasteiger partial charge in [0.1, 0.15) is 42.3 Å². The summed E-state index contributed by atoms with van der Waals surface area (Å²) >= 11 is 0. The Balaban J connectivity index is 2.30. The van der Waals surface area contributed by atoms with Crippen molar-refractivity contribution in [1.29, 1.82) is 0 Å². The Morgan fingerprint density at radius 3 is 1.94 bits per heavy atom. The number of carboxylic acids is 2. The van der Waals surface area contributed by atoms with Gasteiger partial charge >= 0.3 is 11.9 Å². The maximum atomic E-state index is 14.0. The van der Waals surface area contributed by atoms with Crippen LogP contribution in [0.2, 0.25) is 0 Å². The minimum absolute atomic E-state index is 0.0461. The number of aliphatic hydroxyl groups excluding tert-OH is 2. The zero-order valence-corrected chi connectivity index (χ0v) is 35.9. The molecule has 1 saturated heterocycles. The van der Waals surface area contributed by atoms with Crippen LogP contribution in [-0.2, 0) is 54.4 Å². The van der Waals surface area contributed by atoms with Crippen molar-refractivity contribution in [3.63, 3.8) is 0 Å². The average Bonchev–Trinajstić information content (AvgIpc) is 3.74. The number of nitrogens with one attached hydrogen (secondary N) is 6. The van der Waals surface area contributed by atoms with E-state index in [1.165, 1.54) is 6.92 Å². The van der Waals surface area contributed by atoms with Crippen molar-refractivity contribution >= 4 is 65.2 Å². The molecule has 360 valence electrons. The largest absolute Gasteiger partial charge is 0.481 e. The van der Waals surface area contributed by atoms with E-state index in [4.69, 9.17) is 28.0 Å². The van der Waals surface area contributed by atoms with E-state index in [0.29, 0.717) is 18.4 Å². The average molecular weight is 921 g/mol. The van der Waals surface area contributed by atoms with E-state index in [-0.39, 0.29) is 38.3 Å². The smallest absolute Gasteiger partial charge is 0.328 e. The molecule has 0 radical (unpaired) electrons. The molecule has 18 N–H and O–H groups in total. The lowest BCUT2D eigenvalue weighted by molar-refractivity contribution is -0.144. The Morgan fingerprint density at radius 2 is 1.37 bits per heavy atom. The highest BCUT2D eigenvalue weighted by molar-refractivity contribution is 5.98. The van der Waals surface area contributed by atoms with Crippen LogP contribution in [-0.4, -0.2) is 165 Å².